The zero-order chi connectivity index (χ0) is 25.0. The Balaban J connectivity index is 1.49. The number of aromatic nitrogens is 2. The molecule has 0 saturated carbocycles. The molecule has 1 unspecified atom stereocenters. The summed E-state index contributed by atoms with van der Waals surface area (Å²) in [5.74, 6) is 0.0793. The van der Waals surface area contributed by atoms with Crippen LogP contribution in [0.5, 0.6) is 0 Å². The Morgan fingerprint density at radius 3 is 2.54 bits per heavy atom. The Morgan fingerprint density at radius 1 is 1.11 bits per heavy atom. The summed E-state index contributed by atoms with van der Waals surface area (Å²) in [6.07, 6.45) is 3.68. The van der Waals surface area contributed by atoms with E-state index >= 15 is 0 Å². The Labute approximate surface area is 212 Å². The van der Waals surface area contributed by atoms with Crippen molar-refractivity contribution < 1.29 is 4.79 Å². The summed E-state index contributed by atoms with van der Waals surface area (Å²) < 4.78 is 1.66. The van der Waals surface area contributed by atoms with Crippen molar-refractivity contribution >= 4 is 28.3 Å². The Morgan fingerprint density at radius 2 is 1.83 bits per heavy atom. The highest BCUT2D eigenvalue weighted by Gasteiger charge is 2.26. The number of hydrogen-bond donors (Lipinski definition) is 1. The highest BCUT2D eigenvalue weighted by molar-refractivity contribution is 6.30. The van der Waals surface area contributed by atoms with Crippen molar-refractivity contribution in [2.45, 2.75) is 59.0 Å². The molecular formula is C28H35ClN4O2. The molecule has 1 aromatic heterocycles. The molecule has 1 N–H and O–H groups in total. The van der Waals surface area contributed by atoms with E-state index in [-0.39, 0.29) is 22.9 Å². The molecule has 1 saturated heterocycles. The lowest BCUT2D eigenvalue weighted by atomic mass is 9.96. The van der Waals surface area contributed by atoms with Gasteiger partial charge < -0.3 is 5.32 Å². The van der Waals surface area contributed by atoms with Crippen LogP contribution in [-0.4, -0.2) is 46.3 Å². The summed E-state index contributed by atoms with van der Waals surface area (Å²) in [5, 5.41) is 10.2. The van der Waals surface area contributed by atoms with Crippen molar-refractivity contribution in [1.29, 1.82) is 0 Å². The predicted molar refractivity (Wildman–Crippen MR) is 142 cm³/mol. The van der Waals surface area contributed by atoms with E-state index in [1.807, 2.05) is 69.3 Å². The minimum absolute atomic E-state index is 0.0373. The zero-order valence-electron chi connectivity index (χ0n) is 20.9. The van der Waals surface area contributed by atoms with Gasteiger partial charge in [0, 0.05) is 41.4 Å². The maximum Gasteiger partial charge on any atom is 0.274 e. The van der Waals surface area contributed by atoms with Crippen LogP contribution in [0.4, 0.5) is 0 Å². The van der Waals surface area contributed by atoms with Crippen LogP contribution in [0.1, 0.15) is 51.3 Å². The monoisotopic (exact) mass is 494 g/mol. The summed E-state index contributed by atoms with van der Waals surface area (Å²) in [5.41, 5.74) is 1.60. The average Bonchev–Trinajstić information content (AvgIpc) is 3.27. The van der Waals surface area contributed by atoms with Gasteiger partial charge in [-0.05, 0) is 49.6 Å². The lowest BCUT2D eigenvalue weighted by molar-refractivity contribution is -0.128. The molecule has 1 fully saturated rings. The second kappa shape index (κ2) is 10.9. The zero-order valence-corrected chi connectivity index (χ0v) is 21.6. The number of amides is 1. The van der Waals surface area contributed by atoms with Gasteiger partial charge in [-0.1, -0.05) is 62.7 Å². The van der Waals surface area contributed by atoms with Crippen LogP contribution in [0.2, 0.25) is 5.02 Å². The number of likely N-dealkylation sites (tertiary alicyclic amines) is 1. The predicted octanol–water partition coefficient (Wildman–Crippen LogP) is 4.66. The van der Waals surface area contributed by atoms with Crippen molar-refractivity contribution in [3.05, 3.63) is 75.2 Å². The van der Waals surface area contributed by atoms with E-state index < -0.39 is 0 Å². The first-order valence-electron chi connectivity index (χ1n) is 12.5. The van der Waals surface area contributed by atoms with Gasteiger partial charge in [0.1, 0.15) is 0 Å². The first-order chi connectivity index (χ1) is 16.7. The standard InChI is InChI=1S/C28H35ClN4O2/c1-28(2,3)27(35)30-15-7-17-32-16-6-8-22(32)19-33-26(34)24-10-5-4-9-23(24)25(31-33)18-20-11-13-21(29)14-12-20/h4-5,9-14,22H,6-8,15-19H2,1-3H3,(H,30,35). The maximum absolute atomic E-state index is 13.3. The van der Waals surface area contributed by atoms with E-state index in [1.54, 1.807) is 4.68 Å². The van der Waals surface area contributed by atoms with Gasteiger partial charge in [0.2, 0.25) is 5.91 Å². The molecule has 4 rings (SSSR count). The van der Waals surface area contributed by atoms with Gasteiger partial charge in [-0.15, -0.1) is 0 Å². The van der Waals surface area contributed by atoms with Crippen molar-refractivity contribution in [3.63, 3.8) is 0 Å². The van der Waals surface area contributed by atoms with Gasteiger partial charge in [0.05, 0.1) is 17.6 Å². The summed E-state index contributed by atoms with van der Waals surface area (Å²) >= 11 is 6.06. The number of benzene rings is 2. The van der Waals surface area contributed by atoms with Gasteiger partial charge in [-0.2, -0.15) is 5.10 Å². The van der Waals surface area contributed by atoms with Crippen molar-refractivity contribution in [1.82, 2.24) is 20.0 Å². The van der Waals surface area contributed by atoms with E-state index in [2.05, 4.69) is 10.2 Å². The van der Waals surface area contributed by atoms with Crippen LogP contribution in [0.3, 0.4) is 0 Å². The Bertz CT molecular complexity index is 1230. The average molecular weight is 495 g/mol. The molecule has 1 amide bonds. The number of nitrogens with zero attached hydrogens (tertiary/aromatic N) is 3. The number of rotatable bonds is 8. The maximum atomic E-state index is 13.3. The Kier molecular flexibility index (Phi) is 7.92. The lowest BCUT2D eigenvalue weighted by Gasteiger charge is -2.25. The highest BCUT2D eigenvalue weighted by Crippen LogP contribution is 2.21. The fraction of sp³-hybridized carbons (Fsp3) is 0.464. The van der Waals surface area contributed by atoms with E-state index in [0.717, 1.165) is 49.0 Å². The van der Waals surface area contributed by atoms with Gasteiger partial charge in [-0.3, -0.25) is 14.5 Å². The Hall–Kier alpha value is -2.70. The molecule has 7 heteroatoms. The molecule has 186 valence electrons. The molecule has 2 heterocycles. The van der Waals surface area contributed by atoms with Crippen molar-refractivity contribution in [2.24, 2.45) is 5.41 Å². The van der Waals surface area contributed by atoms with Gasteiger partial charge in [0.25, 0.3) is 5.56 Å². The van der Waals surface area contributed by atoms with Crippen LogP contribution in [-0.2, 0) is 17.8 Å². The number of nitrogens with one attached hydrogen (secondary N) is 1. The second-order valence-electron chi connectivity index (χ2n) is 10.5. The van der Waals surface area contributed by atoms with Crippen LogP contribution in [0.25, 0.3) is 10.8 Å². The third kappa shape index (κ3) is 6.30. The number of hydrogen-bond acceptors (Lipinski definition) is 4. The SMILES string of the molecule is CC(C)(C)C(=O)NCCCN1CCCC1Cn1nc(Cc2ccc(Cl)cc2)c2ccccc2c1=O. The topological polar surface area (TPSA) is 67.2 Å². The minimum atomic E-state index is -0.372. The number of carbonyl (C=O) groups excluding carboxylic acids is 1. The molecule has 0 spiro atoms. The lowest BCUT2D eigenvalue weighted by Crippen LogP contribution is -2.40. The molecule has 6 nitrogen and oxygen atoms in total. The number of halogens is 1. The second-order valence-corrected chi connectivity index (χ2v) is 10.9. The smallest absolute Gasteiger partial charge is 0.274 e. The van der Waals surface area contributed by atoms with E-state index in [4.69, 9.17) is 16.7 Å². The molecular weight excluding hydrogens is 460 g/mol. The third-order valence-electron chi connectivity index (χ3n) is 6.70. The van der Waals surface area contributed by atoms with Crippen molar-refractivity contribution in [2.75, 3.05) is 19.6 Å². The summed E-state index contributed by atoms with van der Waals surface area (Å²) in [6, 6.07) is 15.8. The molecule has 1 atom stereocenters. The van der Waals surface area contributed by atoms with E-state index in [1.165, 1.54) is 0 Å². The molecule has 1 aliphatic heterocycles. The molecule has 2 aromatic carbocycles. The molecule has 0 aliphatic carbocycles. The van der Waals surface area contributed by atoms with Crippen LogP contribution >= 0.6 is 11.6 Å². The molecule has 0 bridgehead atoms. The molecule has 35 heavy (non-hydrogen) atoms. The van der Waals surface area contributed by atoms with Crippen molar-refractivity contribution in [3.8, 4) is 0 Å². The number of carbonyl (C=O) groups is 1. The first kappa shape index (κ1) is 25.4. The van der Waals surface area contributed by atoms with Gasteiger partial charge in [-0.25, -0.2) is 4.68 Å². The first-order valence-corrected chi connectivity index (χ1v) is 12.9. The van der Waals surface area contributed by atoms with Crippen LogP contribution in [0, 0.1) is 5.41 Å². The fourth-order valence-corrected chi connectivity index (χ4v) is 4.83. The third-order valence-corrected chi connectivity index (χ3v) is 6.95. The van der Waals surface area contributed by atoms with E-state index in [9.17, 15) is 9.59 Å². The normalized spacial score (nSPS) is 16.6. The fourth-order valence-electron chi connectivity index (χ4n) is 4.70. The largest absolute Gasteiger partial charge is 0.356 e. The highest BCUT2D eigenvalue weighted by atomic mass is 35.5. The molecule has 0 radical (unpaired) electrons. The van der Waals surface area contributed by atoms with Gasteiger partial charge >= 0.3 is 0 Å². The quantitative estimate of drug-likeness (QED) is 0.462. The van der Waals surface area contributed by atoms with E-state index in [0.29, 0.717) is 29.9 Å². The number of fused-ring (bicyclic) bond motifs is 1. The summed E-state index contributed by atoms with van der Waals surface area (Å²) in [6.45, 7) is 8.92. The summed E-state index contributed by atoms with van der Waals surface area (Å²) in [7, 11) is 0. The van der Waals surface area contributed by atoms with Crippen LogP contribution < -0.4 is 10.9 Å². The minimum Gasteiger partial charge on any atom is -0.356 e. The summed E-state index contributed by atoms with van der Waals surface area (Å²) in [4.78, 5) is 27.9. The van der Waals surface area contributed by atoms with Crippen LogP contribution in [0.15, 0.2) is 53.3 Å². The molecule has 1 aliphatic rings. The van der Waals surface area contributed by atoms with Gasteiger partial charge in [0.15, 0.2) is 0 Å². The molecule has 3 aromatic rings.